The Hall–Kier alpha value is -2.91. The normalized spacial score (nSPS) is 10.0. The molecule has 5 nitrogen and oxygen atoms in total. The van der Waals surface area contributed by atoms with Crippen molar-refractivity contribution >= 4 is 22.3 Å². The molecule has 0 saturated carbocycles. The van der Waals surface area contributed by atoms with Gasteiger partial charge in [-0.15, -0.1) is 11.3 Å². The largest absolute Gasteiger partial charge is 0.457 e. The first kappa shape index (κ1) is 14.0. The van der Waals surface area contributed by atoms with Crippen LogP contribution >= 0.6 is 11.3 Å². The minimum atomic E-state index is 0.601. The van der Waals surface area contributed by atoms with Crippen LogP contribution in [0.25, 0.3) is 0 Å². The maximum absolute atomic E-state index is 8.78. The zero-order valence-corrected chi connectivity index (χ0v) is 12.6. The number of benzene rings is 1. The number of pyridine rings is 1. The van der Waals surface area contributed by atoms with Crippen molar-refractivity contribution in [3.63, 3.8) is 0 Å². The molecule has 0 fully saturated rings. The molecule has 0 amide bonds. The smallest absolute Gasteiger partial charge is 0.188 e. The molecule has 3 rings (SSSR count). The van der Waals surface area contributed by atoms with Crippen LogP contribution in [0.3, 0.4) is 0 Å². The van der Waals surface area contributed by atoms with E-state index in [2.05, 4.69) is 21.4 Å². The van der Waals surface area contributed by atoms with Gasteiger partial charge in [0.05, 0.1) is 17.3 Å². The van der Waals surface area contributed by atoms with Crippen LogP contribution in [0.1, 0.15) is 11.3 Å². The van der Waals surface area contributed by atoms with Crippen LogP contribution < -0.4 is 10.1 Å². The number of hydrogen-bond acceptors (Lipinski definition) is 6. The molecular weight excluding hydrogens is 296 g/mol. The summed E-state index contributed by atoms with van der Waals surface area (Å²) in [5.74, 6) is 2.00. The van der Waals surface area contributed by atoms with Crippen molar-refractivity contribution in [1.29, 1.82) is 5.26 Å². The van der Waals surface area contributed by atoms with Crippen molar-refractivity contribution in [2.75, 3.05) is 5.32 Å². The van der Waals surface area contributed by atoms with E-state index in [-0.39, 0.29) is 0 Å². The molecule has 2 aromatic heterocycles. The molecule has 0 aliphatic heterocycles. The first-order valence-corrected chi connectivity index (χ1v) is 7.44. The standard InChI is InChI=1S/C16H12N4OS/c1-11-10-22-16(19-11)20-15-8-14(6-7-18-15)21-13-4-2-12(9-17)3-5-13/h2-8,10H,1H3,(H,18,19,20). The molecule has 0 atom stereocenters. The molecule has 0 aliphatic rings. The van der Waals surface area contributed by atoms with Crippen LogP contribution in [0.4, 0.5) is 10.9 Å². The monoisotopic (exact) mass is 308 g/mol. The third-order valence-corrected chi connectivity index (χ3v) is 3.68. The van der Waals surface area contributed by atoms with Crippen molar-refractivity contribution in [3.05, 3.63) is 59.2 Å². The lowest BCUT2D eigenvalue weighted by Gasteiger charge is -2.07. The summed E-state index contributed by atoms with van der Waals surface area (Å²) in [5.41, 5.74) is 1.57. The molecule has 6 heteroatoms. The number of thiazole rings is 1. The second kappa shape index (κ2) is 6.24. The van der Waals surface area contributed by atoms with E-state index in [1.54, 1.807) is 42.6 Å². The van der Waals surface area contributed by atoms with E-state index in [1.165, 1.54) is 11.3 Å². The molecule has 0 spiro atoms. The van der Waals surface area contributed by atoms with Gasteiger partial charge in [0.1, 0.15) is 17.3 Å². The molecule has 1 N–H and O–H groups in total. The molecule has 108 valence electrons. The lowest BCUT2D eigenvalue weighted by molar-refractivity contribution is 0.482. The number of aryl methyl sites for hydroxylation is 1. The number of nitrogens with zero attached hydrogens (tertiary/aromatic N) is 3. The summed E-state index contributed by atoms with van der Waals surface area (Å²) in [5, 5.41) is 14.7. The molecule has 3 aromatic rings. The van der Waals surface area contributed by atoms with Gasteiger partial charge in [-0.3, -0.25) is 0 Å². The molecule has 0 saturated heterocycles. The van der Waals surface area contributed by atoms with Gasteiger partial charge in [-0.25, -0.2) is 9.97 Å². The first-order valence-electron chi connectivity index (χ1n) is 6.56. The van der Waals surface area contributed by atoms with Gasteiger partial charge in [-0.05, 0) is 37.3 Å². The van der Waals surface area contributed by atoms with Crippen LogP contribution in [-0.4, -0.2) is 9.97 Å². The van der Waals surface area contributed by atoms with Gasteiger partial charge in [-0.1, -0.05) is 0 Å². The molecule has 0 unspecified atom stereocenters. The number of rotatable bonds is 4. The Bertz CT molecular complexity index is 821. The average molecular weight is 308 g/mol. The van der Waals surface area contributed by atoms with Gasteiger partial charge < -0.3 is 10.1 Å². The summed E-state index contributed by atoms with van der Waals surface area (Å²) in [6, 6.07) is 12.6. The van der Waals surface area contributed by atoms with E-state index in [1.807, 2.05) is 12.3 Å². The van der Waals surface area contributed by atoms with Crippen LogP contribution in [0.5, 0.6) is 11.5 Å². The van der Waals surface area contributed by atoms with Gasteiger partial charge in [-0.2, -0.15) is 5.26 Å². The van der Waals surface area contributed by atoms with Crippen LogP contribution in [0.15, 0.2) is 48.0 Å². The summed E-state index contributed by atoms with van der Waals surface area (Å²) >= 11 is 1.52. The maximum atomic E-state index is 8.78. The van der Waals surface area contributed by atoms with Gasteiger partial charge in [0, 0.05) is 17.6 Å². The lowest BCUT2D eigenvalue weighted by Crippen LogP contribution is -1.93. The minimum absolute atomic E-state index is 0.601. The van der Waals surface area contributed by atoms with Gasteiger partial charge in [0.2, 0.25) is 0 Å². The van der Waals surface area contributed by atoms with Crippen molar-refractivity contribution < 1.29 is 4.74 Å². The molecule has 0 aliphatic carbocycles. The second-order valence-corrected chi connectivity index (χ2v) is 5.39. The lowest BCUT2D eigenvalue weighted by atomic mass is 10.2. The Kier molecular flexibility index (Phi) is 3.99. The number of nitriles is 1. The Morgan fingerprint density at radius 3 is 2.68 bits per heavy atom. The summed E-state index contributed by atoms with van der Waals surface area (Å²) in [6.07, 6.45) is 1.67. The molecule has 22 heavy (non-hydrogen) atoms. The van der Waals surface area contributed by atoms with Gasteiger partial charge in [0.25, 0.3) is 0 Å². The van der Waals surface area contributed by atoms with Crippen molar-refractivity contribution in [2.24, 2.45) is 0 Å². The second-order valence-electron chi connectivity index (χ2n) is 4.53. The fraction of sp³-hybridized carbons (Fsp3) is 0.0625. The third-order valence-electron chi connectivity index (χ3n) is 2.80. The molecular formula is C16H12N4OS. The molecule has 1 aromatic carbocycles. The van der Waals surface area contributed by atoms with E-state index in [0.717, 1.165) is 10.8 Å². The van der Waals surface area contributed by atoms with Gasteiger partial charge in [0.15, 0.2) is 5.13 Å². The summed E-state index contributed by atoms with van der Waals surface area (Å²) < 4.78 is 5.76. The van der Waals surface area contributed by atoms with Gasteiger partial charge >= 0.3 is 0 Å². The van der Waals surface area contributed by atoms with E-state index < -0.39 is 0 Å². The number of aromatic nitrogens is 2. The third kappa shape index (κ3) is 3.40. The minimum Gasteiger partial charge on any atom is -0.457 e. The summed E-state index contributed by atoms with van der Waals surface area (Å²) in [4.78, 5) is 8.58. The molecule has 0 radical (unpaired) electrons. The highest BCUT2D eigenvalue weighted by Gasteiger charge is 2.03. The predicted molar refractivity (Wildman–Crippen MR) is 85.6 cm³/mol. The quantitative estimate of drug-likeness (QED) is 0.780. The zero-order chi connectivity index (χ0) is 15.4. The van der Waals surface area contributed by atoms with E-state index in [9.17, 15) is 0 Å². The number of hydrogen-bond donors (Lipinski definition) is 1. The fourth-order valence-electron chi connectivity index (χ4n) is 1.80. The summed E-state index contributed by atoms with van der Waals surface area (Å²) in [7, 11) is 0. The van der Waals surface area contributed by atoms with Crippen LogP contribution in [-0.2, 0) is 0 Å². The highest BCUT2D eigenvalue weighted by atomic mass is 32.1. The average Bonchev–Trinajstić information content (AvgIpc) is 2.93. The topological polar surface area (TPSA) is 70.8 Å². The maximum Gasteiger partial charge on any atom is 0.188 e. The van der Waals surface area contributed by atoms with E-state index >= 15 is 0 Å². The zero-order valence-electron chi connectivity index (χ0n) is 11.8. The van der Waals surface area contributed by atoms with Crippen LogP contribution in [0, 0.1) is 18.3 Å². The Morgan fingerprint density at radius 1 is 1.18 bits per heavy atom. The SMILES string of the molecule is Cc1csc(Nc2cc(Oc3ccc(C#N)cc3)ccn2)n1. The number of ether oxygens (including phenoxy) is 1. The first-order chi connectivity index (χ1) is 10.7. The Morgan fingerprint density at radius 2 is 2.00 bits per heavy atom. The highest BCUT2D eigenvalue weighted by molar-refractivity contribution is 7.13. The highest BCUT2D eigenvalue weighted by Crippen LogP contribution is 2.25. The molecule has 0 bridgehead atoms. The van der Waals surface area contributed by atoms with E-state index in [4.69, 9.17) is 10.00 Å². The van der Waals surface area contributed by atoms with E-state index in [0.29, 0.717) is 22.9 Å². The van der Waals surface area contributed by atoms with Crippen molar-refractivity contribution in [3.8, 4) is 17.6 Å². The van der Waals surface area contributed by atoms with Crippen molar-refractivity contribution in [1.82, 2.24) is 9.97 Å². The molecule has 2 heterocycles. The fourth-order valence-corrected chi connectivity index (χ4v) is 2.49. The number of anilines is 2. The Balaban J connectivity index is 1.74. The van der Waals surface area contributed by atoms with Crippen LogP contribution in [0.2, 0.25) is 0 Å². The summed E-state index contributed by atoms with van der Waals surface area (Å²) in [6.45, 7) is 1.94. The predicted octanol–water partition coefficient (Wildman–Crippen LogP) is 4.25. The van der Waals surface area contributed by atoms with Crippen molar-refractivity contribution in [2.45, 2.75) is 6.92 Å². The Labute approximate surface area is 131 Å². The number of nitrogens with one attached hydrogen (secondary N) is 1.